The fourth-order valence-electron chi connectivity index (χ4n) is 1.12. The molecule has 56 valence electrons. The highest BCUT2D eigenvalue weighted by Gasteiger charge is 1.93. The van der Waals surface area contributed by atoms with E-state index in [-0.39, 0.29) is 0 Å². The lowest BCUT2D eigenvalue weighted by atomic mass is 10.2. The predicted molar refractivity (Wildman–Crippen MR) is 50.9 cm³/mol. The lowest BCUT2D eigenvalue weighted by Crippen LogP contribution is -1.78. The minimum Gasteiger partial charge on any atom is -0.361 e. The van der Waals surface area contributed by atoms with Gasteiger partial charge in [-0.3, -0.25) is 0 Å². The highest BCUT2D eigenvalue weighted by atomic mass is 32.1. The second kappa shape index (κ2) is 2.51. The number of aromatic amines is 1. The van der Waals surface area contributed by atoms with Crippen LogP contribution in [-0.2, 0) is 0 Å². The molecular weight excluding hydrogens is 156 g/mol. The highest BCUT2D eigenvalue weighted by Crippen LogP contribution is 2.17. The highest BCUT2D eigenvalue weighted by molar-refractivity contribution is 7.81. The Morgan fingerprint density at radius 1 is 1.27 bits per heavy atom. The van der Waals surface area contributed by atoms with Crippen molar-refractivity contribution in [2.75, 3.05) is 4.72 Å². The van der Waals surface area contributed by atoms with Crippen LogP contribution in [0.1, 0.15) is 0 Å². The van der Waals surface area contributed by atoms with Gasteiger partial charge in [0.25, 0.3) is 0 Å². The number of nitrogens with one attached hydrogen (secondary N) is 2. The van der Waals surface area contributed by atoms with E-state index in [0.29, 0.717) is 0 Å². The maximum absolute atomic E-state index is 3.95. The summed E-state index contributed by atoms with van der Waals surface area (Å²) >= 11 is 3.95. The quantitative estimate of drug-likeness (QED) is 0.555. The Hall–Kier alpha value is -1.09. The topological polar surface area (TPSA) is 27.8 Å². The zero-order valence-electron chi connectivity index (χ0n) is 5.83. The van der Waals surface area contributed by atoms with Gasteiger partial charge in [-0.2, -0.15) is 0 Å². The van der Waals surface area contributed by atoms with Gasteiger partial charge in [-0.15, -0.1) is 0 Å². The largest absolute Gasteiger partial charge is 0.361 e. The van der Waals surface area contributed by atoms with Crippen LogP contribution in [0, 0.1) is 0 Å². The van der Waals surface area contributed by atoms with E-state index < -0.39 is 0 Å². The number of benzene rings is 1. The molecule has 0 radical (unpaired) electrons. The molecule has 0 saturated carbocycles. The molecule has 2 N–H and O–H groups in total. The van der Waals surface area contributed by atoms with Gasteiger partial charge in [0, 0.05) is 17.4 Å². The molecule has 1 heterocycles. The smallest absolute Gasteiger partial charge is 0.0474 e. The molecule has 1 aromatic heterocycles. The van der Waals surface area contributed by atoms with E-state index in [1.54, 1.807) is 0 Å². The molecule has 3 heteroatoms. The van der Waals surface area contributed by atoms with Gasteiger partial charge in [-0.1, -0.05) is 18.9 Å². The number of fused-ring (bicyclic) bond motifs is 1. The minimum atomic E-state index is 1.00. The van der Waals surface area contributed by atoms with Crippen LogP contribution in [0.15, 0.2) is 30.5 Å². The molecule has 0 atom stereocenters. The van der Waals surface area contributed by atoms with Gasteiger partial charge in [0.05, 0.1) is 0 Å². The van der Waals surface area contributed by atoms with Gasteiger partial charge in [0.2, 0.25) is 0 Å². The summed E-state index contributed by atoms with van der Waals surface area (Å²) in [7, 11) is 0. The zero-order chi connectivity index (χ0) is 7.68. The third-order valence-electron chi connectivity index (χ3n) is 1.68. The van der Waals surface area contributed by atoms with Crippen LogP contribution in [0.2, 0.25) is 0 Å². The molecule has 0 amide bonds. The second-order valence-electron chi connectivity index (χ2n) is 2.39. The predicted octanol–water partition coefficient (Wildman–Crippen LogP) is 2.42. The number of anilines is 1. The third-order valence-corrected chi connectivity index (χ3v) is 1.94. The second-order valence-corrected chi connectivity index (χ2v) is 2.62. The average Bonchev–Trinajstić information content (AvgIpc) is 2.50. The van der Waals surface area contributed by atoms with Crippen LogP contribution in [0.4, 0.5) is 5.69 Å². The van der Waals surface area contributed by atoms with E-state index in [4.69, 9.17) is 0 Å². The summed E-state index contributed by atoms with van der Waals surface area (Å²) in [6.07, 6.45) is 1.92. The number of aromatic nitrogens is 1. The van der Waals surface area contributed by atoms with Crippen molar-refractivity contribution in [1.29, 1.82) is 0 Å². The van der Waals surface area contributed by atoms with Crippen LogP contribution in [-0.4, -0.2) is 4.98 Å². The lowest BCUT2D eigenvalue weighted by molar-refractivity contribution is 1.48. The number of H-pyrrole nitrogens is 1. The standard InChI is InChI=1S/C8H8N2S/c11-10-7-2-1-6-3-4-9-8(6)5-7/h1-5,9-11H. The zero-order valence-corrected chi connectivity index (χ0v) is 6.73. The van der Waals surface area contributed by atoms with E-state index in [9.17, 15) is 0 Å². The van der Waals surface area contributed by atoms with Crippen LogP contribution < -0.4 is 4.72 Å². The summed E-state index contributed by atoms with van der Waals surface area (Å²) in [4.78, 5) is 3.12. The molecule has 0 spiro atoms. The first-order valence-corrected chi connectivity index (χ1v) is 3.82. The van der Waals surface area contributed by atoms with Crippen LogP contribution >= 0.6 is 12.8 Å². The van der Waals surface area contributed by atoms with E-state index in [0.717, 1.165) is 11.2 Å². The van der Waals surface area contributed by atoms with Gasteiger partial charge >= 0.3 is 0 Å². The number of hydrogen-bond acceptors (Lipinski definition) is 2. The molecule has 0 saturated heterocycles. The summed E-state index contributed by atoms with van der Waals surface area (Å²) in [5, 5.41) is 1.22. The van der Waals surface area contributed by atoms with E-state index >= 15 is 0 Å². The fourth-order valence-corrected chi connectivity index (χ4v) is 1.26. The molecule has 0 unspecified atom stereocenters. The van der Waals surface area contributed by atoms with Crippen molar-refractivity contribution in [3.8, 4) is 0 Å². The summed E-state index contributed by atoms with van der Waals surface area (Å²) < 4.78 is 2.78. The Morgan fingerprint density at radius 3 is 3.00 bits per heavy atom. The third kappa shape index (κ3) is 1.07. The van der Waals surface area contributed by atoms with Crippen molar-refractivity contribution >= 4 is 29.4 Å². The van der Waals surface area contributed by atoms with Crippen molar-refractivity contribution < 1.29 is 0 Å². The molecule has 0 aliphatic heterocycles. The average molecular weight is 164 g/mol. The van der Waals surface area contributed by atoms with Gasteiger partial charge in [-0.05, 0) is 23.6 Å². The first-order chi connectivity index (χ1) is 5.40. The minimum absolute atomic E-state index is 1.00. The van der Waals surface area contributed by atoms with Crippen molar-refractivity contribution in [2.45, 2.75) is 0 Å². The maximum atomic E-state index is 3.95. The van der Waals surface area contributed by atoms with Crippen molar-refractivity contribution in [3.05, 3.63) is 30.5 Å². The number of thiol groups is 1. The first-order valence-electron chi connectivity index (χ1n) is 3.37. The Balaban J connectivity index is 2.67. The SMILES string of the molecule is SNc1ccc2cc[nH]c2c1. The number of hydrogen-bond donors (Lipinski definition) is 3. The monoisotopic (exact) mass is 164 g/mol. The molecule has 1 aromatic carbocycles. The molecule has 2 rings (SSSR count). The molecular formula is C8H8N2S. The van der Waals surface area contributed by atoms with Gasteiger partial charge in [0.1, 0.15) is 0 Å². The summed E-state index contributed by atoms with van der Waals surface area (Å²) in [6.45, 7) is 0. The molecule has 0 aliphatic rings. The van der Waals surface area contributed by atoms with Gasteiger partial charge in [-0.25, -0.2) is 0 Å². The van der Waals surface area contributed by atoms with E-state index in [2.05, 4.69) is 22.5 Å². The molecule has 2 aromatic rings. The fraction of sp³-hybridized carbons (Fsp3) is 0. The molecule has 2 nitrogen and oxygen atoms in total. The van der Waals surface area contributed by atoms with E-state index in [1.807, 2.05) is 30.5 Å². The Labute approximate surface area is 70.2 Å². The molecule has 11 heavy (non-hydrogen) atoms. The molecule has 0 aliphatic carbocycles. The number of rotatable bonds is 1. The Morgan fingerprint density at radius 2 is 2.18 bits per heavy atom. The van der Waals surface area contributed by atoms with E-state index in [1.165, 1.54) is 5.39 Å². The normalized spacial score (nSPS) is 10.3. The Kier molecular flexibility index (Phi) is 1.51. The van der Waals surface area contributed by atoms with Gasteiger partial charge in [0.15, 0.2) is 0 Å². The Bertz CT molecular complexity index is 367. The van der Waals surface area contributed by atoms with Crippen LogP contribution in [0.25, 0.3) is 10.9 Å². The summed E-state index contributed by atoms with van der Waals surface area (Å²) in [5.41, 5.74) is 2.13. The lowest BCUT2D eigenvalue weighted by Gasteiger charge is -1.96. The van der Waals surface area contributed by atoms with Gasteiger partial charge < -0.3 is 9.71 Å². The van der Waals surface area contributed by atoms with Crippen LogP contribution in [0.5, 0.6) is 0 Å². The maximum Gasteiger partial charge on any atom is 0.0474 e. The summed E-state index contributed by atoms with van der Waals surface area (Å²) in [6, 6.07) is 8.09. The van der Waals surface area contributed by atoms with Crippen molar-refractivity contribution in [2.24, 2.45) is 0 Å². The summed E-state index contributed by atoms with van der Waals surface area (Å²) in [5.74, 6) is 0. The van der Waals surface area contributed by atoms with Crippen molar-refractivity contribution in [3.63, 3.8) is 0 Å². The van der Waals surface area contributed by atoms with Crippen molar-refractivity contribution in [1.82, 2.24) is 4.98 Å². The van der Waals surface area contributed by atoms with Crippen LogP contribution in [0.3, 0.4) is 0 Å². The first kappa shape index (κ1) is 6.61. The molecule has 0 fully saturated rings. The molecule has 0 bridgehead atoms.